The Labute approximate surface area is 93.9 Å². The molecular weight excluding hydrogens is 184 g/mol. The Kier molecular flexibility index (Phi) is 3.81. The summed E-state index contributed by atoms with van der Waals surface area (Å²) in [5, 5.41) is 0. The van der Waals surface area contributed by atoms with Crippen molar-refractivity contribution in [3.63, 3.8) is 0 Å². The molecule has 0 spiro atoms. The first-order chi connectivity index (χ1) is 7.31. The summed E-state index contributed by atoms with van der Waals surface area (Å²) >= 11 is 0. The Morgan fingerprint density at radius 1 is 1.33 bits per heavy atom. The molecular formula is C13H24N2. The fraction of sp³-hybridized carbons (Fsp3) is 0.846. The highest BCUT2D eigenvalue weighted by Gasteiger charge is 2.30. The van der Waals surface area contributed by atoms with Gasteiger partial charge in [0.1, 0.15) is 0 Å². The first-order valence-electron chi connectivity index (χ1n) is 6.40. The molecule has 0 bridgehead atoms. The maximum atomic E-state index is 3.84. The van der Waals surface area contributed by atoms with Crippen molar-refractivity contribution in [3.8, 4) is 0 Å². The fourth-order valence-electron chi connectivity index (χ4n) is 2.97. The van der Waals surface area contributed by atoms with E-state index in [0.717, 1.165) is 12.5 Å². The third-order valence-corrected chi connectivity index (χ3v) is 4.00. The van der Waals surface area contributed by atoms with Gasteiger partial charge in [-0.2, -0.15) is 0 Å². The first-order valence-corrected chi connectivity index (χ1v) is 6.40. The van der Waals surface area contributed by atoms with Crippen molar-refractivity contribution >= 4 is 0 Å². The summed E-state index contributed by atoms with van der Waals surface area (Å²) in [4.78, 5) is 5.34. The van der Waals surface area contributed by atoms with E-state index in [0.29, 0.717) is 6.04 Å². The van der Waals surface area contributed by atoms with E-state index < -0.39 is 0 Å². The summed E-state index contributed by atoms with van der Waals surface area (Å²) < 4.78 is 0. The van der Waals surface area contributed by atoms with Crippen LogP contribution < -0.4 is 0 Å². The maximum absolute atomic E-state index is 3.84. The average Bonchev–Trinajstić information content (AvgIpc) is 2.29. The number of hydrogen-bond acceptors (Lipinski definition) is 2. The summed E-state index contributed by atoms with van der Waals surface area (Å²) in [6.07, 6.45) is 7.45. The summed E-state index contributed by atoms with van der Waals surface area (Å²) in [7, 11) is 0. The summed E-state index contributed by atoms with van der Waals surface area (Å²) in [6, 6.07) is 1.53. The molecule has 2 fully saturated rings. The van der Waals surface area contributed by atoms with E-state index >= 15 is 0 Å². The van der Waals surface area contributed by atoms with E-state index in [1.807, 2.05) is 0 Å². The van der Waals surface area contributed by atoms with E-state index in [1.165, 1.54) is 45.4 Å². The summed E-state index contributed by atoms with van der Waals surface area (Å²) in [5.41, 5.74) is 0. The van der Waals surface area contributed by atoms with Gasteiger partial charge < -0.3 is 0 Å². The summed E-state index contributed by atoms with van der Waals surface area (Å²) in [5.74, 6) is 0. The quantitative estimate of drug-likeness (QED) is 0.656. The molecule has 2 heterocycles. The van der Waals surface area contributed by atoms with E-state index in [1.54, 1.807) is 0 Å². The second kappa shape index (κ2) is 5.13. The van der Waals surface area contributed by atoms with E-state index in [9.17, 15) is 0 Å². The molecule has 86 valence electrons. The highest BCUT2D eigenvalue weighted by atomic mass is 15.3. The Hall–Kier alpha value is -0.340. The molecule has 2 nitrogen and oxygen atoms in total. The van der Waals surface area contributed by atoms with Crippen molar-refractivity contribution in [2.45, 2.75) is 44.7 Å². The zero-order valence-electron chi connectivity index (χ0n) is 9.99. The Balaban J connectivity index is 1.87. The van der Waals surface area contributed by atoms with Gasteiger partial charge in [-0.1, -0.05) is 12.5 Å². The van der Waals surface area contributed by atoms with Gasteiger partial charge in [-0.3, -0.25) is 9.80 Å². The molecule has 15 heavy (non-hydrogen) atoms. The maximum Gasteiger partial charge on any atom is 0.0223 e. The number of fused-ring (bicyclic) bond motifs is 1. The SMILES string of the molecule is C=CCC(C)N1CCN2CCCCC2C1. The molecule has 2 aliphatic heterocycles. The second-order valence-electron chi connectivity index (χ2n) is 5.05. The molecule has 0 aliphatic carbocycles. The van der Waals surface area contributed by atoms with E-state index in [-0.39, 0.29) is 0 Å². The smallest absolute Gasteiger partial charge is 0.0223 e. The van der Waals surface area contributed by atoms with Crippen LogP contribution in [0.15, 0.2) is 12.7 Å². The van der Waals surface area contributed by atoms with Crippen LogP contribution in [0.25, 0.3) is 0 Å². The standard InChI is InChI=1S/C13H24N2/c1-3-6-12(2)15-10-9-14-8-5-4-7-13(14)11-15/h3,12-13H,1,4-11H2,2H3. The van der Waals surface area contributed by atoms with Gasteiger partial charge in [-0.05, 0) is 32.7 Å². The van der Waals surface area contributed by atoms with Gasteiger partial charge in [0.15, 0.2) is 0 Å². The highest BCUT2D eigenvalue weighted by molar-refractivity contribution is 4.88. The molecule has 0 aromatic carbocycles. The van der Waals surface area contributed by atoms with Crippen LogP contribution in [0.2, 0.25) is 0 Å². The predicted molar refractivity (Wildman–Crippen MR) is 65.1 cm³/mol. The number of nitrogens with zero attached hydrogens (tertiary/aromatic N) is 2. The predicted octanol–water partition coefficient (Wildman–Crippen LogP) is 2.12. The monoisotopic (exact) mass is 208 g/mol. The van der Waals surface area contributed by atoms with E-state index in [4.69, 9.17) is 0 Å². The van der Waals surface area contributed by atoms with Crippen molar-refractivity contribution in [3.05, 3.63) is 12.7 Å². The van der Waals surface area contributed by atoms with Crippen molar-refractivity contribution < 1.29 is 0 Å². The Morgan fingerprint density at radius 2 is 2.20 bits per heavy atom. The minimum atomic E-state index is 0.687. The lowest BCUT2D eigenvalue weighted by molar-refractivity contribution is 0.0317. The average molecular weight is 208 g/mol. The zero-order valence-corrected chi connectivity index (χ0v) is 9.99. The van der Waals surface area contributed by atoms with Gasteiger partial charge in [0.25, 0.3) is 0 Å². The summed E-state index contributed by atoms with van der Waals surface area (Å²) in [6.45, 7) is 11.3. The molecule has 2 aliphatic rings. The molecule has 2 heteroatoms. The number of rotatable bonds is 3. The molecule has 0 N–H and O–H groups in total. The molecule has 0 amide bonds. The molecule has 2 saturated heterocycles. The van der Waals surface area contributed by atoms with Gasteiger partial charge in [0, 0.05) is 31.7 Å². The normalized spacial score (nSPS) is 30.9. The third kappa shape index (κ3) is 2.61. The van der Waals surface area contributed by atoms with Crippen molar-refractivity contribution in [1.29, 1.82) is 0 Å². The van der Waals surface area contributed by atoms with Crippen LogP contribution in [-0.2, 0) is 0 Å². The molecule has 2 unspecified atom stereocenters. The highest BCUT2D eigenvalue weighted by Crippen LogP contribution is 2.22. The second-order valence-corrected chi connectivity index (χ2v) is 5.05. The van der Waals surface area contributed by atoms with Gasteiger partial charge in [-0.25, -0.2) is 0 Å². The minimum absolute atomic E-state index is 0.687. The van der Waals surface area contributed by atoms with Crippen LogP contribution in [0.5, 0.6) is 0 Å². The number of hydrogen-bond donors (Lipinski definition) is 0. The topological polar surface area (TPSA) is 6.48 Å². The third-order valence-electron chi connectivity index (χ3n) is 4.00. The Morgan fingerprint density at radius 3 is 3.00 bits per heavy atom. The van der Waals surface area contributed by atoms with Gasteiger partial charge in [-0.15, -0.1) is 6.58 Å². The molecule has 0 aromatic heterocycles. The van der Waals surface area contributed by atoms with Gasteiger partial charge in [0.2, 0.25) is 0 Å². The van der Waals surface area contributed by atoms with Crippen molar-refractivity contribution in [2.75, 3.05) is 26.2 Å². The van der Waals surface area contributed by atoms with Crippen LogP contribution >= 0.6 is 0 Å². The van der Waals surface area contributed by atoms with Crippen molar-refractivity contribution in [1.82, 2.24) is 9.80 Å². The lowest BCUT2D eigenvalue weighted by Gasteiger charge is -2.45. The molecule has 2 atom stereocenters. The van der Waals surface area contributed by atoms with Gasteiger partial charge >= 0.3 is 0 Å². The lowest BCUT2D eigenvalue weighted by Crippen LogP contribution is -2.56. The van der Waals surface area contributed by atoms with Crippen LogP contribution in [0.4, 0.5) is 0 Å². The minimum Gasteiger partial charge on any atom is -0.298 e. The van der Waals surface area contributed by atoms with Crippen LogP contribution in [-0.4, -0.2) is 48.1 Å². The Bertz CT molecular complexity index is 215. The van der Waals surface area contributed by atoms with Gasteiger partial charge in [0.05, 0.1) is 0 Å². The van der Waals surface area contributed by atoms with Crippen LogP contribution in [0.3, 0.4) is 0 Å². The van der Waals surface area contributed by atoms with Crippen LogP contribution in [0.1, 0.15) is 32.6 Å². The first kappa shape index (κ1) is 11.2. The number of piperidine rings is 1. The van der Waals surface area contributed by atoms with Crippen molar-refractivity contribution in [2.24, 2.45) is 0 Å². The van der Waals surface area contributed by atoms with E-state index in [2.05, 4.69) is 29.4 Å². The fourth-order valence-corrected chi connectivity index (χ4v) is 2.97. The molecule has 2 rings (SSSR count). The largest absolute Gasteiger partial charge is 0.298 e. The zero-order chi connectivity index (χ0) is 10.7. The molecule has 0 saturated carbocycles. The number of piperazine rings is 1. The molecule has 0 aromatic rings. The molecule has 0 radical (unpaired) electrons. The lowest BCUT2D eigenvalue weighted by atomic mass is 9.98. The van der Waals surface area contributed by atoms with Crippen LogP contribution in [0, 0.1) is 0 Å².